The predicted octanol–water partition coefficient (Wildman–Crippen LogP) is 5.69. The maximum Gasteiger partial charge on any atom is 0.258 e. The number of para-hydroxylation sites is 1. The normalized spacial score (nSPS) is 30.2. The number of imide groups is 2. The first-order chi connectivity index (χ1) is 22.0. The second-order valence-corrected chi connectivity index (χ2v) is 13.4. The summed E-state index contributed by atoms with van der Waals surface area (Å²) in [6.07, 6.45) is 1.79. The van der Waals surface area contributed by atoms with Gasteiger partial charge in [-0.1, -0.05) is 54.1 Å². The minimum atomic E-state index is -2.16. The fourth-order valence-corrected chi connectivity index (χ4v) is 8.70. The number of fused-ring (bicyclic) bond motifs is 4. The van der Waals surface area contributed by atoms with Gasteiger partial charge in [0.25, 0.3) is 11.8 Å². The van der Waals surface area contributed by atoms with Gasteiger partial charge >= 0.3 is 0 Å². The van der Waals surface area contributed by atoms with Crippen molar-refractivity contribution in [3.8, 4) is 11.5 Å². The number of anilines is 1. The summed E-state index contributed by atoms with van der Waals surface area (Å²) in [7, 11) is 0. The van der Waals surface area contributed by atoms with Crippen LogP contribution in [0, 0.1) is 23.6 Å². The molecule has 0 spiro atoms. The number of likely N-dealkylation sites (tertiary alicyclic amines) is 1. The van der Waals surface area contributed by atoms with Crippen LogP contribution >= 0.6 is 23.2 Å². The number of carbonyl (C=O) groups excluding carboxylic acids is 4. The molecule has 0 radical (unpaired) electrons. The highest BCUT2D eigenvalue weighted by Gasteiger charge is 2.77. The van der Waals surface area contributed by atoms with E-state index >= 15 is 0 Å². The minimum Gasteiger partial charge on any atom is -0.504 e. The van der Waals surface area contributed by atoms with E-state index in [2.05, 4.69) is 0 Å². The molecule has 11 heteroatoms. The van der Waals surface area contributed by atoms with E-state index in [0.717, 1.165) is 22.6 Å². The smallest absolute Gasteiger partial charge is 0.258 e. The SMILES string of the molecule is CCOc1cccc([C@H]2C3=CC[C@@H]4C(=O)N(Cc5ccccc5)C(=O)[C@@H]4[C@@H]3C[C@@]3(Cl)C(=O)N(c4ccc(F)cc4)C(=O)[C@@]23Cl)c1O. The van der Waals surface area contributed by atoms with Gasteiger partial charge in [0.1, 0.15) is 5.82 Å². The lowest BCUT2D eigenvalue weighted by molar-refractivity contribution is -0.141. The number of hydrogen-bond donors (Lipinski definition) is 1. The number of rotatable bonds is 6. The summed E-state index contributed by atoms with van der Waals surface area (Å²) in [4.78, 5) is 54.5. The summed E-state index contributed by atoms with van der Waals surface area (Å²) in [5, 5.41) is 11.5. The Morgan fingerprint density at radius 1 is 0.913 bits per heavy atom. The first-order valence-corrected chi connectivity index (χ1v) is 15.8. The van der Waals surface area contributed by atoms with Crippen molar-refractivity contribution in [1.82, 2.24) is 4.90 Å². The first-order valence-electron chi connectivity index (χ1n) is 15.1. The van der Waals surface area contributed by atoms with Crippen LogP contribution < -0.4 is 9.64 Å². The molecule has 3 aromatic rings. The largest absolute Gasteiger partial charge is 0.504 e. The van der Waals surface area contributed by atoms with Crippen LogP contribution in [0.1, 0.15) is 36.8 Å². The highest BCUT2D eigenvalue weighted by Crippen LogP contribution is 2.66. The second kappa shape index (κ2) is 11.0. The molecule has 8 nitrogen and oxygen atoms in total. The van der Waals surface area contributed by atoms with Gasteiger partial charge in [0.2, 0.25) is 11.8 Å². The van der Waals surface area contributed by atoms with E-state index in [-0.39, 0.29) is 54.7 Å². The van der Waals surface area contributed by atoms with Crippen molar-refractivity contribution in [1.29, 1.82) is 0 Å². The number of carbonyl (C=O) groups is 4. The maximum atomic E-state index is 14.5. The van der Waals surface area contributed by atoms with Crippen LogP contribution in [0.3, 0.4) is 0 Å². The monoisotopic (exact) mass is 662 g/mol. The number of phenols is 1. The summed E-state index contributed by atoms with van der Waals surface area (Å²) in [5.74, 6) is -6.59. The van der Waals surface area contributed by atoms with Gasteiger partial charge in [-0.3, -0.25) is 24.1 Å². The number of nitrogens with zero attached hydrogens (tertiary/aromatic N) is 2. The van der Waals surface area contributed by atoms with E-state index in [0.29, 0.717) is 5.57 Å². The Labute approximate surface area is 274 Å². The lowest BCUT2D eigenvalue weighted by atomic mass is 9.56. The third kappa shape index (κ3) is 4.17. The first kappa shape index (κ1) is 30.4. The number of ether oxygens (including phenoxy) is 1. The Morgan fingerprint density at radius 2 is 1.63 bits per heavy atom. The van der Waals surface area contributed by atoms with Gasteiger partial charge in [0.15, 0.2) is 21.2 Å². The summed E-state index contributed by atoms with van der Waals surface area (Å²) in [5.41, 5.74) is 1.60. The zero-order chi connectivity index (χ0) is 32.5. The number of aromatic hydroxyl groups is 1. The Kier molecular flexibility index (Phi) is 7.25. The van der Waals surface area contributed by atoms with Crippen molar-refractivity contribution in [3.05, 3.63) is 101 Å². The topological polar surface area (TPSA) is 104 Å². The van der Waals surface area contributed by atoms with Crippen molar-refractivity contribution in [3.63, 3.8) is 0 Å². The van der Waals surface area contributed by atoms with Crippen LogP contribution in [0.5, 0.6) is 11.5 Å². The summed E-state index contributed by atoms with van der Waals surface area (Å²) < 4.78 is 19.5. The molecule has 7 rings (SSSR count). The fourth-order valence-electron chi connectivity index (χ4n) is 7.78. The van der Waals surface area contributed by atoms with E-state index in [1.165, 1.54) is 17.0 Å². The van der Waals surface area contributed by atoms with Crippen LogP contribution in [0.4, 0.5) is 10.1 Å². The zero-order valence-electron chi connectivity index (χ0n) is 24.7. The number of phenolic OH excluding ortho intramolecular Hbond substituents is 1. The molecule has 4 amide bonds. The van der Waals surface area contributed by atoms with Crippen molar-refractivity contribution < 1.29 is 33.4 Å². The summed E-state index contributed by atoms with van der Waals surface area (Å²) in [6, 6.07) is 18.8. The second-order valence-electron chi connectivity index (χ2n) is 12.1. The molecular weight excluding hydrogens is 634 g/mol. The molecule has 2 aliphatic heterocycles. The lowest BCUT2D eigenvalue weighted by Crippen LogP contribution is -2.60. The molecule has 4 aliphatic rings. The Hall–Kier alpha value is -4.21. The number of hydrogen-bond acceptors (Lipinski definition) is 6. The van der Waals surface area contributed by atoms with Crippen LogP contribution in [0.15, 0.2) is 84.4 Å². The molecule has 3 fully saturated rings. The molecule has 6 atom stereocenters. The molecule has 236 valence electrons. The molecule has 46 heavy (non-hydrogen) atoms. The molecule has 2 heterocycles. The van der Waals surface area contributed by atoms with Crippen molar-refractivity contribution in [2.75, 3.05) is 11.5 Å². The molecule has 1 saturated carbocycles. The summed E-state index contributed by atoms with van der Waals surface area (Å²) >= 11 is 14.8. The molecule has 2 aliphatic carbocycles. The highest BCUT2D eigenvalue weighted by molar-refractivity contribution is 6.58. The number of halogens is 3. The van der Waals surface area contributed by atoms with Crippen molar-refractivity contribution >= 4 is 52.5 Å². The van der Waals surface area contributed by atoms with Gasteiger partial charge in [0.05, 0.1) is 30.7 Å². The van der Waals surface area contributed by atoms with Gasteiger partial charge < -0.3 is 9.84 Å². The van der Waals surface area contributed by atoms with Crippen LogP contribution in [-0.2, 0) is 25.7 Å². The number of alkyl halides is 2. The average molecular weight is 664 g/mol. The standard InChI is InChI=1S/C35H29Cl2FN2O6/c1-2-46-26-10-6-9-24(29(26)41)28-22-15-16-23-27(31(43)39(30(23)42)18-19-7-4-3-5-8-19)25(22)17-34(36)32(44)40(33(45)35(28,34)37)21-13-11-20(38)12-14-21/h3-15,23,25,27-28,41H,2,16-18H2,1H3/t23-,25+,27-,28+,34+,35-/m0/s1. The van der Waals surface area contributed by atoms with Gasteiger partial charge in [-0.05, 0) is 61.6 Å². The lowest BCUT2D eigenvalue weighted by Gasteiger charge is -2.50. The van der Waals surface area contributed by atoms with Crippen LogP contribution in [0.2, 0.25) is 0 Å². The Bertz CT molecular complexity index is 1820. The number of benzene rings is 3. The van der Waals surface area contributed by atoms with E-state index < -0.39 is 57.0 Å². The van der Waals surface area contributed by atoms with E-state index in [1.807, 2.05) is 30.3 Å². The van der Waals surface area contributed by atoms with Crippen molar-refractivity contribution in [2.45, 2.75) is 42.0 Å². The number of allylic oxidation sites excluding steroid dienone is 2. The average Bonchev–Trinajstić information content (AvgIpc) is 3.37. The molecule has 2 saturated heterocycles. The fraction of sp³-hybridized carbons (Fsp3) is 0.314. The van der Waals surface area contributed by atoms with E-state index in [9.17, 15) is 28.7 Å². The molecule has 1 N–H and O–H groups in total. The van der Waals surface area contributed by atoms with Crippen LogP contribution in [0.25, 0.3) is 0 Å². The van der Waals surface area contributed by atoms with Crippen LogP contribution in [-0.4, -0.2) is 50.0 Å². The Balaban J connectivity index is 1.39. The van der Waals surface area contributed by atoms with E-state index in [4.69, 9.17) is 27.9 Å². The van der Waals surface area contributed by atoms with Gasteiger partial charge in [0, 0.05) is 11.5 Å². The molecule has 0 unspecified atom stereocenters. The highest BCUT2D eigenvalue weighted by atomic mass is 35.5. The number of amides is 4. The third-order valence-corrected chi connectivity index (χ3v) is 11.2. The van der Waals surface area contributed by atoms with Gasteiger partial charge in [-0.15, -0.1) is 23.2 Å². The third-order valence-electron chi connectivity index (χ3n) is 9.81. The minimum absolute atomic E-state index is 0.0767. The predicted molar refractivity (Wildman–Crippen MR) is 168 cm³/mol. The maximum absolute atomic E-state index is 14.5. The van der Waals surface area contributed by atoms with E-state index in [1.54, 1.807) is 31.2 Å². The summed E-state index contributed by atoms with van der Waals surface area (Å²) in [6.45, 7) is 2.09. The molecule has 3 aromatic carbocycles. The van der Waals surface area contributed by atoms with Crippen molar-refractivity contribution in [2.24, 2.45) is 17.8 Å². The quantitative estimate of drug-likeness (QED) is 0.207. The zero-order valence-corrected chi connectivity index (χ0v) is 26.2. The Morgan fingerprint density at radius 3 is 2.33 bits per heavy atom. The molecule has 0 bridgehead atoms. The molecular formula is C35H29Cl2FN2O6. The molecule has 0 aromatic heterocycles. The van der Waals surface area contributed by atoms with Gasteiger partial charge in [-0.25, -0.2) is 9.29 Å². The van der Waals surface area contributed by atoms with Gasteiger partial charge in [-0.2, -0.15) is 0 Å².